The molecule has 0 bridgehead atoms. The van der Waals surface area contributed by atoms with Gasteiger partial charge in [-0.05, 0) is 30.7 Å². The molecule has 3 heteroatoms. The van der Waals surface area contributed by atoms with E-state index in [2.05, 4.69) is 11.9 Å². The van der Waals surface area contributed by atoms with Gasteiger partial charge in [-0.2, -0.15) is 0 Å². The SMILES string of the molecule is C=CC(=O)Nc1cccc([C@@H](C)O)c1. The normalized spacial score (nSPS) is 11.9. The second-order valence-electron chi connectivity index (χ2n) is 2.99. The Morgan fingerprint density at radius 2 is 2.36 bits per heavy atom. The number of hydrogen-bond donors (Lipinski definition) is 2. The summed E-state index contributed by atoms with van der Waals surface area (Å²) in [6, 6.07) is 7.06. The summed E-state index contributed by atoms with van der Waals surface area (Å²) >= 11 is 0. The molecule has 0 aliphatic heterocycles. The van der Waals surface area contributed by atoms with Crippen LogP contribution in [-0.2, 0) is 4.79 Å². The minimum Gasteiger partial charge on any atom is -0.389 e. The number of nitrogens with one attached hydrogen (secondary N) is 1. The predicted octanol–water partition coefficient (Wildman–Crippen LogP) is 1.86. The van der Waals surface area contributed by atoms with Crippen LogP contribution in [0.25, 0.3) is 0 Å². The molecule has 0 aliphatic carbocycles. The summed E-state index contributed by atoms with van der Waals surface area (Å²) in [6.07, 6.45) is 0.672. The Balaban J connectivity index is 2.83. The Morgan fingerprint density at radius 1 is 1.64 bits per heavy atom. The topological polar surface area (TPSA) is 49.3 Å². The largest absolute Gasteiger partial charge is 0.389 e. The van der Waals surface area contributed by atoms with Crippen molar-refractivity contribution >= 4 is 11.6 Å². The molecule has 1 aromatic rings. The lowest BCUT2D eigenvalue weighted by molar-refractivity contribution is -0.111. The average Bonchev–Trinajstić information content (AvgIpc) is 2.18. The quantitative estimate of drug-likeness (QED) is 0.716. The molecule has 0 fully saturated rings. The number of rotatable bonds is 3. The summed E-state index contributed by atoms with van der Waals surface area (Å²) in [5.74, 6) is -0.257. The molecule has 14 heavy (non-hydrogen) atoms. The lowest BCUT2D eigenvalue weighted by atomic mass is 10.1. The van der Waals surface area contributed by atoms with E-state index in [-0.39, 0.29) is 5.91 Å². The molecule has 1 atom stereocenters. The van der Waals surface area contributed by atoms with E-state index in [1.165, 1.54) is 6.08 Å². The fourth-order valence-electron chi connectivity index (χ4n) is 1.07. The molecule has 1 aromatic carbocycles. The highest BCUT2D eigenvalue weighted by molar-refractivity contribution is 5.98. The summed E-state index contributed by atoms with van der Waals surface area (Å²) < 4.78 is 0. The fraction of sp³-hybridized carbons (Fsp3) is 0.182. The maximum atomic E-state index is 11.0. The zero-order chi connectivity index (χ0) is 10.6. The Bertz CT molecular complexity index is 345. The number of anilines is 1. The number of hydrogen-bond acceptors (Lipinski definition) is 2. The fourth-order valence-corrected chi connectivity index (χ4v) is 1.07. The number of carbonyl (C=O) groups is 1. The molecule has 1 rings (SSSR count). The summed E-state index contributed by atoms with van der Waals surface area (Å²) in [7, 11) is 0. The molecule has 0 saturated heterocycles. The van der Waals surface area contributed by atoms with E-state index in [9.17, 15) is 9.90 Å². The molecule has 1 amide bonds. The molecule has 2 N–H and O–H groups in total. The molecular weight excluding hydrogens is 178 g/mol. The zero-order valence-electron chi connectivity index (χ0n) is 8.03. The first-order chi connectivity index (χ1) is 6.63. The van der Waals surface area contributed by atoms with Gasteiger partial charge < -0.3 is 10.4 Å². The molecule has 0 spiro atoms. The Kier molecular flexibility index (Phi) is 3.42. The van der Waals surface area contributed by atoms with Crippen LogP contribution in [-0.4, -0.2) is 11.0 Å². The lowest BCUT2D eigenvalue weighted by Gasteiger charge is -2.07. The standard InChI is InChI=1S/C11H13NO2/c1-3-11(14)12-10-6-4-5-9(7-10)8(2)13/h3-8,13H,1H2,2H3,(H,12,14)/t8-/m1/s1. The van der Waals surface area contributed by atoms with Gasteiger partial charge in [0, 0.05) is 5.69 Å². The third-order valence-electron chi connectivity index (χ3n) is 1.82. The highest BCUT2D eigenvalue weighted by Gasteiger charge is 2.02. The monoisotopic (exact) mass is 191 g/mol. The first-order valence-electron chi connectivity index (χ1n) is 4.35. The molecule has 74 valence electrons. The third-order valence-corrected chi connectivity index (χ3v) is 1.82. The van der Waals surface area contributed by atoms with Gasteiger partial charge in [0.2, 0.25) is 5.91 Å². The van der Waals surface area contributed by atoms with E-state index < -0.39 is 6.10 Å². The van der Waals surface area contributed by atoms with Gasteiger partial charge in [-0.25, -0.2) is 0 Å². The van der Waals surface area contributed by atoms with Crippen LogP contribution in [0.15, 0.2) is 36.9 Å². The van der Waals surface area contributed by atoms with Crippen molar-refractivity contribution in [2.75, 3.05) is 5.32 Å². The smallest absolute Gasteiger partial charge is 0.247 e. The number of aliphatic hydroxyl groups excluding tert-OH is 1. The van der Waals surface area contributed by atoms with Gasteiger partial charge in [0.15, 0.2) is 0 Å². The van der Waals surface area contributed by atoms with Crippen LogP contribution in [0.2, 0.25) is 0 Å². The number of aliphatic hydroxyl groups is 1. The van der Waals surface area contributed by atoms with Crippen LogP contribution in [0.4, 0.5) is 5.69 Å². The first kappa shape index (κ1) is 10.5. The molecular formula is C11H13NO2. The van der Waals surface area contributed by atoms with Crippen molar-refractivity contribution in [3.63, 3.8) is 0 Å². The molecule has 0 aromatic heterocycles. The third kappa shape index (κ3) is 2.71. The number of benzene rings is 1. The molecule has 0 heterocycles. The van der Waals surface area contributed by atoms with Gasteiger partial charge in [-0.15, -0.1) is 0 Å². The minimum absolute atomic E-state index is 0.257. The minimum atomic E-state index is -0.532. The molecule has 0 aliphatic rings. The van der Waals surface area contributed by atoms with Gasteiger partial charge in [0.25, 0.3) is 0 Å². The summed E-state index contributed by atoms with van der Waals surface area (Å²) in [5, 5.41) is 11.9. The van der Waals surface area contributed by atoms with E-state index in [4.69, 9.17) is 0 Å². The number of carbonyl (C=O) groups excluding carboxylic acids is 1. The number of amides is 1. The van der Waals surface area contributed by atoms with Crippen molar-refractivity contribution in [2.45, 2.75) is 13.0 Å². The molecule has 0 radical (unpaired) electrons. The zero-order valence-corrected chi connectivity index (χ0v) is 8.03. The van der Waals surface area contributed by atoms with Crippen LogP contribution < -0.4 is 5.32 Å². The maximum absolute atomic E-state index is 11.0. The lowest BCUT2D eigenvalue weighted by Crippen LogP contribution is -2.07. The van der Waals surface area contributed by atoms with Crippen LogP contribution in [0.1, 0.15) is 18.6 Å². The highest BCUT2D eigenvalue weighted by Crippen LogP contribution is 2.16. The Labute approximate surface area is 83.1 Å². The first-order valence-corrected chi connectivity index (χ1v) is 4.35. The summed E-state index contributed by atoms with van der Waals surface area (Å²) in [4.78, 5) is 11.0. The van der Waals surface area contributed by atoms with Gasteiger partial charge in [-0.3, -0.25) is 4.79 Å². The van der Waals surface area contributed by atoms with Crippen molar-refractivity contribution in [3.8, 4) is 0 Å². The predicted molar refractivity (Wildman–Crippen MR) is 55.9 cm³/mol. The van der Waals surface area contributed by atoms with E-state index >= 15 is 0 Å². The maximum Gasteiger partial charge on any atom is 0.247 e. The van der Waals surface area contributed by atoms with Crippen molar-refractivity contribution in [1.29, 1.82) is 0 Å². The van der Waals surface area contributed by atoms with Crippen LogP contribution in [0, 0.1) is 0 Å². The van der Waals surface area contributed by atoms with Crippen LogP contribution in [0.3, 0.4) is 0 Å². The van der Waals surface area contributed by atoms with E-state index in [0.717, 1.165) is 5.56 Å². The molecule has 3 nitrogen and oxygen atoms in total. The molecule has 0 saturated carbocycles. The van der Waals surface area contributed by atoms with Crippen molar-refractivity contribution < 1.29 is 9.90 Å². The Morgan fingerprint density at radius 3 is 2.93 bits per heavy atom. The Hall–Kier alpha value is -1.61. The van der Waals surface area contributed by atoms with Gasteiger partial charge >= 0.3 is 0 Å². The van der Waals surface area contributed by atoms with Gasteiger partial charge in [-0.1, -0.05) is 18.7 Å². The average molecular weight is 191 g/mol. The van der Waals surface area contributed by atoms with E-state index in [1.807, 2.05) is 0 Å². The van der Waals surface area contributed by atoms with Crippen LogP contribution >= 0.6 is 0 Å². The second kappa shape index (κ2) is 4.58. The summed E-state index contributed by atoms with van der Waals surface area (Å²) in [6.45, 7) is 5.03. The molecule has 0 unspecified atom stereocenters. The second-order valence-corrected chi connectivity index (χ2v) is 2.99. The summed E-state index contributed by atoms with van der Waals surface area (Å²) in [5.41, 5.74) is 1.43. The van der Waals surface area contributed by atoms with Gasteiger partial charge in [0.05, 0.1) is 6.10 Å². The van der Waals surface area contributed by atoms with E-state index in [1.54, 1.807) is 31.2 Å². The van der Waals surface area contributed by atoms with Crippen LogP contribution in [0.5, 0.6) is 0 Å². The van der Waals surface area contributed by atoms with Crippen molar-refractivity contribution in [2.24, 2.45) is 0 Å². The highest BCUT2D eigenvalue weighted by atomic mass is 16.3. The van der Waals surface area contributed by atoms with Crippen molar-refractivity contribution in [3.05, 3.63) is 42.5 Å². The van der Waals surface area contributed by atoms with Gasteiger partial charge in [0.1, 0.15) is 0 Å². The van der Waals surface area contributed by atoms with E-state index in [0.29, 0.717) is 5.69 Å². The van der Waals surface area contributed by atoms with Crippen molar-refractivity contribution in [1.82, 2.24) is 0 Å².